The minimum absolute atomic E-state index is 0.204. The summed E-state index contributed by atoms with van der Waals surface area (Å²) >= 11 is 3.40. The average Bonchev–Trinajstić information content (AvgIpc) is 2.41. The van der Waals surface area contributed by atoms with Gasteiger partial charge in [-0.3, -0.25) is 0 Å². The van der Waals surface area contributed by atoms with Crippen molar-refractivity contribution in [2.45, 2.75) is 0 Å². The van der Waals surface area contributed by atoms with Crippen molar-refractivity contribution in [2.75, 3.05) is 30.4 Å². The molecule has 100 valence electrons. The van der Waals surface area contributed by atoms with E-state index in [4.69, 9.17) is 0 Å². The van der Waals surface area contributed by atoms with Crippen LogP contribution in [0.4, 0.5) is 15.8 Å². The van der Waals surface area contributed by atoms with Crippen molar-refractivity contribution in [1.29, 1.82) is 0 Å². The lowest BCUT2D eigenvalue weighted by Crippen LogP contribution is -2.24. The molecule has 0 spiro atoms. The molecule has 0 bridgehead atoms. The molecule has 1 N–H and O–H groups in total. The van der Waals surface area contributed by atoms with Crippen LogP contribution in [0.2, 0.25) is 0 Å². The molecule has 0 saturated heterocycles. The van der Waals surface area contributed by atoms with E-state index in [0.29, 0.717) is 0 Å². The van der Waals surface area contributed by atoms with E-state index in [2.05, 4.69) is 21.2 Å². The Morgan fingerprint density at radius 2 is 1.89 bits per heavy atom. The highest BCUT2D eigenvalue weighted by Crippen LogP contribution is 2.15. The van der Waals surface area contributed by atoms with Gasteiger partial charge in [-0.05, 0) is 42.5 Å². The second-order valence-electron chi connectivity index (χ2n) is 4.34. The van der Waals surface area contributed by atoms with Gasteiger partial charge in [0.05, 0.1) is 0 Å². The Hall–Kier alpha value is -1.55. The van der Waals surface area contributed by atoms with Gasteiger partial charge in [0.25, 0.3) is 0 Å². The lowest BCUT2D eigenvalue weighted by molar-refractivity contribution is 0.627. The van der Waals surface area contributed by atoms with Gasteiger partial charge in [-0.15, -0.1) is 0 Å². The third kappa shape index (κ3) is 4.24. The molecule has 2 aromatic rings. The summed E-state index contributed by atoms with van der Waals surface area (Å²) in [6, 6.07) is 14.7. The minimum atomic E-state index is -0.204. The summed E-state index contributed by atoms with van der Waals surface area (Å²) < 4.78 is 14.2. The highest BCUT2D eigenvalue weighted by Gasteiger charge is 2.01. The van der Waals surface area contributed by atoms with Gasteiger partial charge in [-0.25, -0.2) is 4.39 Å². The van der Waals surface area contributed by atoms with Gasteiger partial charge in [0, 0.05) is 36.0 Å². The number of nitrogens with one attached hydrogen (secondary N) is 1. The Bertz CT molecular complexity index is 528. The number of likely N-dealkylation sites (N-methyl/N-ethyl adjacent to an activating group) is 1. The average molecular weight is 323 g/mol. The highest BCUT2D eigenvalue weighted by atomic mass is 79.9. The number of anilines is 2. The van der Waals surface area contributed by atoms with Crippen molar-refractivity contribution in [3.05, 3.63) is 58.8 Å². The SMILES string of the molecule is CN(CCNc1ccc(Br)cc1)c1cccc(F)c1. The highest BCUT2D eigenvalue weighted by molar-refractivity contribution is 9.10. The summed E-state index contributed by atoms with van der Waals surface area (Å²) in [5.41, 5.74) is 1.97. The molecular formula is C15H16BrFN2. The van der Waals surface area contributed by atoms with Crippen LogP contribution in [-0.4, -0.2) is 20.1 Å². The van der Waals surface area contributed by atoms with Crippen LogP contribution >= 0.6 is 15.9 Å². The Morgan fingerprint density at radius 1 is 1.16 bits per heavy atom. The standard InChI is InChI=1S/C15H16BrFN2/c1-19(15-4-2-3-13(17)11-15)10-9-18-14-7-5-12(16)6-8-14/h2-8,11,18H,9-10H2,1H3. The number of benzene rings is 2. The third-order valence-electron chi connectivity index (χ3n) is 2.87. The van der Waals surface area contributed by atoms with Gasteiger partial charge < -0.3 is 10.2 Å². The molecule has 0 aliphatic rings. The van der Waals surface area contributed by atoms with E-state index in [1.807, 2.05) is 42.3 Å². The quantitative estimate of drug-likeness (QED) is 0.890. The molecule has 0 amide bonds. The predicted molar refractivity (Wildman–Crippen MR) is 82.3 cm³/mol. The van der Waals surface area contributed by atoms with Gasteiger partial charge in [0.2, 0.25) is 0 Å². The van der Waals surface area contributed by atoms with Crippen molar-refractivity contribution in [2.24, 2.45) is 0 Å². The normalized spacial score (nSPS) is 10.3. The zero-order chi connectivity index (χ0) is 13.7. The number of halogens is 2. The third-order valence-corrected chi connectivity index (χ3v) is 3.40. The smallest absolute Gasteiger partial charge is 0.125 e. The zero-order valence-corrected chi connectivity index (χ0v) is 12.3. The molecule has 0 saturated carbocycles. The molecule has 2 aromatic carbocycles. The van der Waals surface area contributed by atoms with E-state index in [-0.39, 0.29) is 5.82 Å². The van der Waals surface area contributed by atoms with Crippen LogP contribution in [0.5, 0.6) is 0 Å². The topological polar surface area (TPSA) is 15.3 Å². The fourth-order valence-electron chi connectivity index (χ4n) is 1.78. The van der Waals surface area contributed by atoms with Crippen molar-refractivity contribution in [3.63, 3.8) is 0 Å². The Labute approximate surface area is 121 Å². The van der Waals surface area contributed by atoms with E-state index >= 15 is 0 Å². The summed E-state index contributed by atoms with van der Waals surface area (Å²) in [4.78, 5) is 2.02. The van der Waals surface area contributed by atoms with Crippen molar-refractivity contribution < 1.29 is 4.39 Å². The molecule has 0 atom stereocenters. The molecule has 2 nitrogen and oxygen atoms in total. The van der Waals surface area contributed by atoms with E-state index in [9.17, 15) is 4.39 Å². The van der Waals surface area contributed by atoms with Gasteiger partial charge in [-0.1, -0.05) is 22.0 Å². The van der Waals surface area contributed by atoms with E-state index in [1.165, 1.54) is 6.07 Å². The van der Waals surface area contributed by atoms with Crippen molar-refractivity contribution >= 4 is 27.3 Å². The molecule has 2 rings (SSSR count). The molecule has 4 heteroatoms. The fraction of sp³-hybridized carbons (Fsp3) is 0.200. The first-order chi connectivity index (χ1) is 9.15. The molecular weight excluding hydrogens is 307 g/mol. The van der Waals surface area contributed by atoms with Crippen LogP contribution in [-0.2, 0) is 0 Å². The van der Waals surface area contributed by atoms with E-state index in [0.717, 1.165) is 28.9 Å². The first kappa shape index (κ1) is 13.9. The number of hydrogen-bond acceptors (Lipinski definition) is 2. The summed E-state index contributed by atoms with van der Waals surface area (Å²) in [6.07, 6.45) is 0. The summed E-state index contributed by atoms with van der Waals surface area (Å²) in [5, 5.41) is 3.33. The van der Waals surface area contributed by atoms with E-state index < -0.39 is 0 Å². The second kappa shape index (κ2) is 6.57. The first-order valence-electron chi connectivity index (χ1n) is 6.11. The van der Waals surface area contributed by atoms with Gasteiger partial charge in [-0.2, -0.15) is 0 Å². The van der Waals surface area contributed by atoms with Crippen molar-refractivity contribution in [1.82, 2.24) is 0 Å². The summed E-state index contributed by atoms with van der Waals surface area (Å²) in [6.45, 7) is 1.61. The molecule has 0 aromatic heterocycles. The van der Waals surface area contributed by atoms with Crippen molar-refractivity contribution in [3.8, 4) is 0 Å². The largest absolute Gasteiger partial charge is 0.383 e. The van der Waals surface area contributed by atoms with Crippen LogP contribution < -0.4 is 10.2 Å². The summed E-state index contributed by atoms with van der Waals surface area (Å²) in [7, 11) is 1.96. The fourth-order valence-corrected chi connectivity index (χ4v) is 2.04. The number of rotatable bonds is 5. The van der Waals surface area contributed by atoms with Gasteiger partial charge in [0.1, 0.15) is 5.82 Å². The van der Waals surface area contributed by atoms with Gasteiger partial charge >= 0.3 is 0 Å². The first-order valence-corrected chi connectivity index (χ1v) is 6.90. The molecule has 0 heterocycles. The molecule has 19 heavy (non-hydrogen) atoms. The van der Waals surface area contributed by atoms with Crippen LogP contribution in [0.15, 0.2) is 53.0 Å². The lowest BCUT2D eigenvalue weighted by Gasteiger charge is -2.19. The van der Waals surface area contributed by atoms with Crippen LogP contribution in [0.1, 0.15) is 0 Å². The number of nitrogens with zero attached hydrogens (tertiary/aromatic N) is 1. The molecule has 0 unspecified atom stereocenters. The number of hydrogen-bond donors (Lipinski definition) is 1. The molecule has 0 fully saturated rings. The minimum Gasteiger partial charge on any atom is -0.383 e. The zero-order valence-electron chi connectivity index (χ0n) is 10.7. The lowest BCUT2D eigenvalue weighted by atomic mass is 10.3. The molecule has 0 aliphatic carbocycles. The maximum Gasteiger partial charge on any atom is 0.125 e. The molecule has 0 radical (unpaired) electrons. The summed E-state index contributed by atoms with van der Waals surface area (Å²) in [5.74, 6) is -0.204. The Morgan fingerprint density at radius 3 is 2.58 bits per heavy atom. The monoisotopic (exact) mass is 322 g/mol. The van der Waals surface area contributed by atoms with Crippen LogP contribution in [0, 0.1) is 5.82 Å². The Balaban J connectivity index is 1.84. The maximum absolute atomic E-state index is 13.1. The Kier molecular flexibility index (Phi) is 4.80. The van der Waals surface area contributed by atoms with Crippen LogP contribution in [0.25, 0.3) is 0 Å². The second-order valence-corrected chi connectivity index (χ2v) is 5.25. The molecule has 0 aliphatic heterocycles. The maximum atomic E-state index is 13.1. The predicted octanol–water partition coefficient (Wildman–Crippen LogP) is 4.14. The van der Waals surface area contributed by atoms with E-state index in [1.54, 1.807) is 12.1 Å². The van der Waals surface area contributed by atoms with Gasteiger partial charge in [0.15, 0.2) is 0 Å². The van der Waals surface area contributed by atoms with Crippen LogP contribution in [0.3, 0.4) is 0 Å².